The van der Waals surface area contributed by atoms with Gasteiger partial charge in [0.1, 0.15) is 29.5 Å². The highest BCUT2D eigenvalue weighted by Gasteiger charge is 2.34. The maximum absolute atomic E-state index is 13.7. The number of carbonyl (C=O) groups is 1. The van der Waals surface area contributed by atoms with E-state index < -0.39 is 23.3 Å². The Morgan fingerprint density at radius 3 is 2.25 bits per heavy atom. The molecule has 51 heavy (non-hydrogen) atoms. The third-order valence-corrected chi connectivity index (χ3v) is 9.58. The smallest absolute Gasteiger partial charge is 0.433 e. The molecule has 264 valence electrons. The Hall–Kier alpha value is -4.97. The van der Waals surface area contributed by atoms with Gasteiger partial charge in [-0.1, -0.05) is 57.2 Å². The van der Waals surface area contributed by atoms with E-state index in [2.05, 4.69) is 30.7 Å². The molecular formula is C39H36F4N4O3S. The molecule has 6 rings (SSSR count). The van der Waals surface area contributed by atoms with Crippen LogP contribution in [0.25, 0.3) is 33.1 Å². The molecule has 0 bridgehead atoms. The number of ether oxygens (including phenoxy) is 1. The van der Waals surface area contributed by atoms with Crippen LogP contribution in [-0.2, 0) is 30.5 Å². The fourth-order valence-corrected chi connectivity index (χ4v) is 6.83. The Kier molecular flexibility index (Phi) is 9.58. The number of benzene rings is 2. The highest BCUT2D eigenvalue weighted by atomic mass is 32.2. The second-order valence-corrected chi connectivity index (χ2v) is 15.9. The Bertz CT molecular complexity index is 2230. The molecule has 7 nitrogen and oxygen atoms in total. The van der Waals surface area contributed by atoms with Gasteiger partial charge in [-0.3, -0.25) is 9.78 Å². The lowest BCUT2D eigenvalue weighted by atomic mass is 9.88. The standard InChI is InChI=1S/C39H36F4N4O3S/c1-37(2,3)51-34-30-17-29(50-22-28-13-10-25-16-27(40)12-14-31(25)46-28)20-45-35(30)47(32(34)18-38(4,5)36(48)49)21-23-6-8-24(9-7-23)26-11-15-33(44-19-26)39(41,42)43/h6-17,19-20H,18,21-22H2,1-5H3,(H,48,49). The van der Waals surface area contributed by atoms with Crippen LogP contribution in [0.3, 0.4) is 0 Å². The van der Waals surface area contributed by atoms with E-state index in [1.807, 2.05) is 34.9 Å². The average Bonchev–Trinajstić information content (AvgIpc) is 3.32. The number of halogens is 4. The predicted molar refractivity (Wildman–Crippen MR) is 190 cm³/mol. The molecule has 4 heterocycles. The Morgan fingerprint density at radius 1 is 0.882 bits per heavy atom. The summed E-state index contributed by atoms with van der Waals surface area (Å²) in [6.07, 6.45) is -1.45. The number of nitrogens with zero attached hydrogens (tertiary/aromatic N) is 4. The van der Waals surface area contributed by atoms with Gasteiger partial charge in [-0.15, -0.1) is 11.8 Å². The van der Waals surface area contributed by atoms with Crippen LogP contribution in [0.4, 0.5) is 17.6 Å². The van der Waals surface area contributed by atoms with E-state index in [0.29, 0.717) is 45.7 Å². The van der Waals surface area contributed by atoms with E-state index >= 15 is 0 Å². The molecule has 0 amide bonds. The number of hydrogen-bond acceptors (Lipinski definition) is 6. The van der Waals surface area contributed by atoms with Crippen LogP contribution in [0.5, 0.6) is 5.75 Å². The molecule has 1 N–H and O–H groups in total. The van der Waals surface area contributed by atoms with Crippen LogP contribution >= 0.6 is 11.8 Å². The molecule has 0 unspecified atom stereocenters. The molecule has 0 radical (unpaired) electrons. The number of rotatable bonds is 10. The minimum atomic E-state index is -4.52. The van der Waals surface area contributed by atoms with Crippen LogP contribution in [0.2, 0.25) is 0 Å². The maximum atomic E-state index is 13.7. The molecule has 4 aromatic heterocycles. The first-order valence-corrected chi connectivity index (χ1v) is 17.0. The normalized spacial score (nSPS) is 12.5. The molecule has 0 atom stereocenters. The van der Waals surface area contributed by atoms with Crippen molar-refractivity contribution in [3.8, 4) is 16.9 Å². The van der Waals surface area contributed by atoms with Crippen molar-refractivity contribution in [2.24, 2.45) is 5.41 Å². The van der Waals surface area contributed by atoms with Gasteiger partial charge in [0.25, 0.3) is 0 Å². The third-order valence-electron chi connectivity index (χ3n) is 8.30. The monoisotopic (exact) mass is 716 g/mol. The van der Waals surface area contributed by atoms with E-state index in [1.54, 1.807) is 50.0 Å². The van der Waals surface area contributed by atoms with Crippen molar-refractivity contribution in [3.63, 3.8) is 0 Å². The van der Waals surface area contributed by atoms with Crippen molar-refractivity contribution in [1.29, 1.82) is 0 Å². The number of carboxylic acid groups (broad SMARTS) is 1. The Morgan fingerprint density at radius 2 is 1.61 bits per heavy atom. The van der Waals surface area contributed by atoms with E-state index in [0.717, 1.165) is 27.6 Å². The summed E-state index contributed by atoms with van der Waals surface area (Å²) < 4.78 is 60.7. The van der Waals surface area contributed by atoms with Gasteiger partial charge in [0.15, 0.2) is 0 Å². The predicted octanol–water partition coefficient (Wildman–Crippen LogP) is 9.98. The first kappa shape index (κ1) is 35.8. The molecule has 0 saturated carbocycles. The van der Waals surface area contributed by atoms with E-state index in [4.69, 9.17) is 9.72 Å². The third kappa shape index (κ3) is 8.17. The summed E-state index contributed by atoms with van der Waals surface area (Å²) in [5.41, 5.74) is 2.90. The molecule has 0 aliphatic heterocycles. The van der Waals surface area contributed by atoms with E-state index in [1.165, 1.54) is 24.4 Å². The van der Waals surface area contributed by atoms with Crippen LogP contribution < -0.4 is 4.74 Å². The summed E-state index contributed by atoms with van der Waals surface area (Å²) in [6, 6.07) is 19.7. The first-order chi connectivity index (χ1) is 24.0. The molecule has 0 aliphatic rings. The summed E-state index contributed by atoms with van der Waals surface area (Å²) in [5.74, 6) is -0.750. The molecule has 12 heteroatoms. The quantitative estimate of drug-likeness (QED) is 0.112. The number of aliphatic carboxylic acids is 1. The van der Waals surface area contributed by atoms with Crippen molar-refractivity contribution < 1.29 is 32.2 Å². The first-order valence-electron chi connectivity index (χ1n) is 16.2. The Labute approximate surface area is 296 Å². The number of carboxylic acids is 1. The van der Waals surface area contributed by atoms with Crippen LogP contribution in [0.1, 0.15) is 57.3 Å². The summed E-state index contributed by atoms with van der Waals surface area (Å²) in [6.45, 7) is 10.2. The largest absolute Gasteiger partial charge is 0.486 e. The molecule has 0 fully saturated rings. The number of hydrogen-bond donors (Lipinski definition) is 1. The second kappa shape index (κ2) is 13.6. The second-order valence-electron chi connectivity index (χ2n) is 14.0. The number of thioether (sulfide) groups is 1. The van der Waals surface area contributed by atoms with E-state index in [-0.39, 0.29) is 23.6 Å². The average molecular weight is 717 g/mol. The minimum Gasteiger partial charge on any atom is -0.486 e. The minimum absolute atomic E-state index is 0.155. The molecule has 0 saturated heterocycles. The molecule has 0 spiro atoms. The van der Waals surface area contributed by atoms with Gasteiger partial charge in [-0.2, -0.15) is 13.2 Å². The number of alkyl halides is 3. The van der Waals surface area contributed by atoms with Crippen molar-refractivity contribution in [1.82, 2.24) is 19.5 Å². The van der Waals surface area contributed by atoms with Crippen molar-refractivity contribution >= 4 is 39.7 Å². The lowest BCUT2D eigenvalue weighted by Crippen LogP contribution is -2.28. The summed E-state index contributed by atoms with van der Waals surface area (Å²) >= 11 is 1.63. The zero-order valence-corrected chi connectivity index (χ0v) is 29.5. The van der Waals surface area contributed by atoms with Gasteiger partial charge in [0.2, 0.25) is 0 Å². The van der Waals surface area contributed by atoms with Gasteiger partial charge < -0.3 is 14.4 Å². The molecule has 2 aromatic carbocycles. The van der Waals surface area contributed by atoms with Crippen molar-refractivity contribution in [2.75, 3.05) is 0 Å². The van der Waals surface area contributed by atoms with Crippen molar-refractivity contribution in [2.45, 2.75) is 70.0 Å². The number of fused-ring (bicyclic) bond motifs is 2. The summed E-state index contributed by atoms with van der Waals surface area (Å²) in [7, 11) is 0. The highest BCUT2D eigenvalue weighted by Crippen LogP contribution is 2.44. The molecular weight excluding hydrogens is 681 g/mol. The summed E-state index contributed by atoms with van der Waals surface area (Å²) in [5, 5.41) is 11.6. The van der Waals surface area contributed by atoms with Gasteiger partial charge in [0.05, 0.1) is 22.8 Å². The van der Waals surface area contributed by atoms with Gasteiger partial charge in [-0.25, -0.2) is 14.4 Å². The Balaban J connectivity index is 1.37. The van der Waals surface area contributed by atoms with Crippen LogP contribution in [0, 0.1) is 11.2 Å². The zero-order valence-electron chi connectivity index (χ0n) is 28.7. The SMILES string of the molecule is CC(C)(C)Sc1c(CC(C)(C)C(=O)O)n(Cc2ccc(-c3ccc(C(F)(F)F)nc3)cc2)c2ncc(OCc3ccc4cc(F)ccc4n3)cc12. The van der Waals surface area contributed by atoms with Crippen LogP contribution in [-0.4, -0.2) is 35.3 Å². The van der Waals surface area contributed by atoms with Crippen molar-refractivity contribution in [3.05, 3.63) is 114 Å². The maximum Gasteiger partial charge on any atom is 0.433 e. The lowest BCUT2D eigenvalue weighted by molar-refractivity contribution is -0.147. The van der Waals surface area contributed by atoms with Gasteiger partial charge >= 0.3 is 12.1 Å². The number of pyridine rings is 3. The highest BCUT2D eigenvalue weighted by molar-refractivity contribution is 8.00. The summed E-state index contributed by atoms with van der Waals surface area (Å²) in [4.78, 5) is 26.3. The van der Waals surface area contributed by atoms with E-state index in [9.17, 15) is 27.5 Å². The van der Waals surface area contributed by atoms with Gasteiger partial charge in [0, 0.05) is 50.8 Å². The lowest BCUT2D eigenvalue weighted by Gasteiger charge is -2.24. The van der Waals surface area contributed by atoms with Crippen LogP contribution in [0.15, 0.2) is 90.1 Å². The van der Waals surface area contributed by atoms with Gasteiger partial charge in [-0.05, 0) is 61.4 Å². The molecule has 6 aromatic rings. The zero-order chi connectivity index (χ0) is 36.7. The fourth-order valence-electron chi connectivity index (χ4n) is 5.66. The number of aromatic nitrogens is 4. The fraction of sp³-hybridized carbons (Fsp3) is 0.282. The molecule has 0 aliphatic carbocycles. The topological polar surface area (TPSA) is 90.1 Å².